The number of carbonyl (C=O) groups excluding carboxylic acids is 1. The second-order valence-electron chi connectivity index (χ2n) is 5.24. The molecule has 110 valence electrons. The summed E-state index contributed by atoms with van der Waals surface area (Å²) in [5.74, 6) is -0.704. The summed E-state index contributed by atoms with van der Waals surface area (Å²) in [6, 6.07) is 18.6. The minimum atomic E-state index is -0.704. The zero-order valence-electron chi connectivity index (χ0n) is 12.2. The number of para-hydroxylation sites is 1. The second kappa shape index (κ2) is 5.48. The van der Waals surface area contributed by atoms with Crippen LogP contribution >= 0.6 is 0 Å². The lowest BCUT2D eigenvalue weighted by Crippen LogP contribution is -2.31. The highest BCUT2D eigenvalue weighted by Crippen LogP contribution is 2.22. The van der Waals surface area contributed by atoms with Gasteiger partial charge in [0.25, 0.3) is 11.5 Å². The molecule has 1 atom stereocenters. The quantitative estimate of drug-likeness (QED) is 0.806. The standard InChI is InChI=1S/C18H16N2O2/c1-12(13-7-3-2-4-8-13)20-16-10-6-5-9-14(16)11-15(17(19)21)18(20)22/h2-12H,1H3,(H2,19,21). The molecule has 1 amide bonds. The Morgan fingerprint density at radius 2 is 1.68 bits per heavy atom. The number of nitrogens with two attached hydrogens (primary N) is 1. The average molecular weight is 292 g/mol. The molecular formula is C18H16N2O2. The molecule has 1 aromatic heterocycles. The van der Waals surface area contributed by atoms with Crippen molar-refractivity contribution in [2.24, 2.45) is 5.73 Å². The molecule has 22 heavy (non-hydrogen) atoms. The van der Waals surface area contributed by atoms with Crippen molar-refractivity contribution in [1.82, 2.24) is 4.57 Å². The maximum atomic E-state index is 12.7. The van der Waals surface area contributed by atoms with E-state index in [0.29, 0.717) is 0 Å². The number of benzene rings is 2. The number of carbonyl (C=O) groups is 1. The number of nitrogens with zero attached hydrogens (tertiary/aromatic N) is 1. The van der Waals surface area contributed by atoms with Crippen LogP contribution in [0.15, 0.2) is 65.5 Å². The second-order valence-corrected chi connectivity index (χ2v) is 5.24. The summed E-state index contributed by atoms with van der Waals surface area (Å²) >= 11 is 0. The van der Waals surface area contributed by atoms with E-state index in [1.165, 1.54) is 0 Å². The van der Waals surface area contributed by atoms with Gasteiger partial charge in [0.05, 0.1) is 11.6 Å². The van der Waals surface area contributed by atoms with E-state index in [0.717, 1.165) is 16.5 Å². The molecular weight excluding hydrogens is 276 g/mol. The van der Waals surface area contributed by atoms with Gasteiger partial charge in [-0.15, -0.1) is 0 Å². The van der Waals surface area contributed by atoms with Gasteiger partial charge < -0.3 is 10.3 Å². The first-order valence-electron chi connectivity index (χ1n) is 7.08. The first-order chi connectivity index (χ1) is 10.6. The molecule has 2 aromatic carbocycles. The first-order valence-corrected chi connectivity index (χ1v) is 7.08. The number of primary amides is 1. The Morgan fingerprint density at radius 1 is 1.05 bits per heavy atom. The monoisotopic (exact) mass is 292 g/mol. The summed E-state index contributed by atoms with van der Waals surface area (Å²) in [6.07, 6.45) is 0. The minimum Gasteiger partial charge on any atom is -0.365 e. The summed E-state index contributed by atoms with van der Waals surface area (Å²) in [6.45, 7) is 1.94. The topological polar surface area (TPSA) is 65.1 Å². The highest BCUT2D eigenvalue weighted by Gasteiger charge is 2.17. The van der Waals surface area contributed by atoms with Gasteiger partial charge in [-0.1, -0.05) is 48.5 Å². The van der Waals surface area contributed by atoms with E-state index in [1.54, 1.807) is 10.6 Å². The largest absolute Gasteiger partial charge is 0.365 e. The van der Waals surface area contributed by atoms with Gasteiger partial charge in [-0.2, -0.15) is 0 Å². The third kappa shape index (κ3) is 2.29. The van der Waals surface area contributed by atoms with Crippen molar-refractivity contribution in [2.45, 2.75) is 13.0 Å². The van der Waals surface area contributed by atoms with Crippen LogP contribution in [0.5, 0.6) is 0 Å². The zero-order valence-corrected chi connectivity index (χ0v) is 12.2. The van der Waals surface area contributed by atoms with Crippen LogP contribution in [0.2, 0.25) is 0 Å². The fourth-order valence-electron chi connectivity index (χ4n) is 2.73. The lowest BCUT2D eigenvalue weighted by molar-refractivity contribution is 0.0998. The van der Waals surface area contributed by atoms with Crippen LogP contribution in [0.25, 0.3) is 10.9 Å². The van der Waals surface area contributed by atoms with E-state index in [-0.39, 0.29) is 17.2 Å². The van der Waals surface area contributed by atoms with Crippen molar-refractivity contribution in [3.63, 3.8) is 0 Å². The predicted octanol–water partition coefficient (Wildman–Crippen LogP) is 2.71. The molecule has 0 aliphatic rings. The number of fused-ring (bicyclic) bond motifs is 1. The molecule has 0 aliphatic heterocycles. The Bertz CT molecular complexity index is 898. The highest BCUT2D eigenvalue weighted by molar-refractivity contribution is 5.96. The average Bonchev–Trinajstić information content (AvgIpc) is 2.54. The Morgan fingerprint density at radius 3 is 2.36 bits per heavy atom. The third-order valence-electron chi connectivity index (χ3n) is 3.88. The maximum Gasteiger partial charge on any atom is 0.264 e. The van der Waals surface area contributed by atoms with Crippen molar-refractivity contribution in [3.8, 4) is 0 Å². The normalized spacial score (nSPS) is 12.2. The third-order valence-corrected chi connectivity index (χ3v) is 3.88. The number of aromatic nitrogens is 1. The van der Waals surface area contributed by atoms with Gasteiger partial charge in [-0.25, -0.2) is 0 Å². The summed E-state index contributed by atoms with van der Waals surface area (Å²) < 4.78 is 1.63. The Balaban J connectivity index is 2.34. The smallest absolute Gasteiger partial charge is 0.264 e. The summed E-state index contributed by atoms with van der Waals surface area (Å²) in [7, 11) is 0. The van der Waals surface area contributed by atoms with Crippen molar-refractivity contribution in [3.05, 3.63) is 82.1 Å². The van der Waals surface area contributed by atoms with Crippen LogP contribution < -0.4 is 11.3 Å². The fourth-order valence-corrected chi connectivity index (χ4v) is 2.73. The summed E-state index contributed by atoms with van der Waals surface area (Å²) in [4.78, 5) is 24.3. The number of rotatable bonds is 3. The van der Waals surface area contributed by atoms with Crippen LogP contribution in [-0.4, -0.2) is 10.5 Å². The number of amides is 1. The van der Waals surface area contributed by atoms with E-state index in [2.05, 4.69) is 0 Å². The molecule has 4 nitrogen and oxygen atoms in total. The van der Waals surface area contributed by atoms with Crippen molar-refractivity contribution < 1.29 is 4.79 Å². The van der Waals surface area contributed by atoms with E-state index < -0.39 is 5.91 Å². The van der Waals surface area contributed by atoms with Gasteiger partial charge in [0.1, 0.15) is 5.56 Å². The lowest BCUT2D eigenvalue weighted by atomic mass is 10.1. The first kappa shape index (κ1) is 14.1. The molecule has 3 rings (SSSR count). The molecule has 0 spiro atoms. The zero-order chi connectivity index (χ0) is 15.7. The SMILES string of the molecule is CC(c1ccccc1)n1c(=O)c(C(N)=O)cc2ccccc21. The van der Waals surface area contributed by atoms with Crippen molar-refractivity contribution in [2.75, 3.05) is 0 Å². The molecule has 0 saturated heterocycles. The number of pyridine rings is 1. The van der Waals surface area contributed by atoms with E-state index >= 15 is 0 Å². The van der Waals surface area contributed by atoms with Gasteiger partial charge in [0.2, 0.25) is 0 Å². The van der Waals surface area contributed by atoms with Gasteiger partial charge in [-0.3, -0.25) is 9.59 Å². The molecule has 4 heteroatoms. The summed E-state index contributed by atoms with van der Waals surface area (Å²) in [5.41, 5.74) is 6.80. The molecule has 3 aromatic rings. The van der Waals surface area contributed by atoms with Gasteiger partial charge in [0, 0.05) is 0 Å². The molecule has 0 fully saturated rings. The number of hydrogen-bond acceptors (Lipinski definition) is 2. The Kier molecular flexibility index (Phi) is 3.51. The van der Waals surface area contributed by atoms with E-state index in [4.69, 9.17) is 5.73 Å². The van der Waals surface area contributed by atoms with Crippen LogP contribution in [-0.2, 0) is 0 Å². The van der Waals surface area contributed by atoms with Gasteiger partial charge >= 0.3 is 0 Å². The van der Waals surface area contributed by atoms with Crippen LogP contribution in [0.1, 0.15) is 28.9 Å². The van der Waals surface area contributed by atoms with Gasteiger partial charge in [-0.05, 0) is 30.0 Å². The summed E-state index contributed by atoms with van der Waals surface area (Å²) in [5, 5.41) is 0.818. The van der Waals surface area contributed by atoms with Crippen LogP contribution in [0, 0.1) is 0 Å². The fraction of sp³-hybridized carbons (Fsp3) is 0.111. The van der Waals surface area contributed by atoms with E-state index in [9.17, 15) is 9.59 Å². The van der Waals surface area contributed by atoms with Crippen LogP contribution in [0.4, 0.5) is 0 Å². The molecule has 0 aliphatic carbocycles. The highest BCUT2D eigenvalue weighted by atomic mass is 16.2. The molecule has 1 heterocycles. The van der Waals surface area contributed by atoms with Gasteiger partial charge in [0.15, 0.2) is 0 Å². The minimum absolute atomic E-state index is 0.0153. The molecule has 1 unspecified atom stereocenters. The number of hydrogen-bond donors (Lipinski definition) is 1. The van der Waals surface area contributed by atoms with Crippen molar-refractivity contribution >= 4 is 16.8 Å². The maximum absolute atomic E-state index is 12.7. The molecule has 0 bridgehead atoms. The predicted molar refractivity (Wildman–Crippen MR) is 87.0 cm³/mol. The molecule has 2 N–H and O–H groups in total. The molecule has 0 radical (unpaired) electrons. The Labute approximate surface area is 127 Å². The van der Waals surface area contributed by atoms with Crippen LogP contribution in [0.3, 0.4) is 0 Å². The van der Waals surface area contributed by atoms with E-state index in [1.807, 2.05) is 61.5 Å². The van der Waals surface area contributed by atoms with Crippen molar-refractivity contribution in [1.29, 1.82) is 0 Å². The Hall–Kier alpha value is -2.88. The molecule has 0 saturated carbocycles. The lowest BCUT2D eigenvalue weighted by Gasteiger charge is -2.19.